The normalized spacial score (nSPS) is 20.4. The second kappa shape index (κ2) is 7.41. The van der Waals surface area contributed by atoms with Crippen molar-refractivity contribution in [3.05, 3.63) is 65.1 Å². The molecule has 2 aliphatic heterocycles. The summed E-state index contributed by atoms with van der Waals surface area (Å²) in [5.74, 6) is 0.216. The van der Waals surface area contributed by atoms with E-state index in [1.54, 1.807) is 18.1 Å². The number of ether oxygens (including phenoxy) is 1. The van der Waals surface area contributed by atoms with Gasteiger partial charge < -0.3 is 9.72 Å². The summed E-state index contributed by atoms with van der Waals surface area (Å²) < 4.78 is 19.3. The van der Waals surface area contributed by atoms with Gasteiger partial charge >= 0.3 is 6.03 Å². The Morgan fingerprint density at radius 2 is 1.94 bits per heavy atom. The van der Waals surface area contributed by atoms with Crippen molar-refractivity contribution in [2.24, 2.45) is 0 Å². The summed E-state index contributed by atoms with van der Waals surface area (Å²) in [6, 6.07) is 10.8. The molecular formula is C24H24FN3O3. The fraction of sp³-hybridized carbons (Fsp3) is 0.333. The molecular weight excluding hydrogens is 397 g/mol. The van der Waals surface area contributed by atoms with E-state index in [1.807, 2.05) is 31.2 Å². The first-order valence-corrected chi connectivity index (χ1v) is 10.6. The van der Waals surface area contributed by atoms with Crippen molar-refractivity contribution in [1.29, 1.82) is 0 Å². The van der Waals surface area contributed by atoms with Gasteiger partial charge in [0, 0.05) is 29.6 Å². The van der Waals surface area contributed by atoms with E-state index in [9.17, 15) is 14.0 Å². The minimum Gasteiger partial charge on any atom is -0.497 e. The summed E-state index contributed by atoms with van der Waals surface area (Å²) in [7, 11) is 1.60. The van der Waals surface area contributed by atoms with Crippen LogP contribution in [0.15, 0.2) is 42.5 Å². The van der Waals surface area contributed by atoms with Crippen molar-refractivity contribution in [3.8, 4) is 5.75 Å². The average molecular weight is 421 g/mol. The molecule has 6 nitrogen and oxygen atoms in total. The number of hydrogen-bond acceptors (Lipinski definition) is 3. The van der Waals surface area contributed by atoms with Crippen LogP contribution in [-0.4, -0.2) is 46.4 Å². The highest BCUT2D eigenvalue weighted by Gasteiger charge is 2.52. The molecule has 2 atom stereocenters. The van der Waals surface area contributed by atoms with Gasteiger partial charge in [0.2, 0.25) is 0 Å². The zero-order valence-electron chi connectivity index (χ0n) is 17.5. The van der Waals surface area contributed by atoms with Gasteiger partial charge in [-0.3, -0.25) is 14.6 Å². The molecule has 5 rings (SSSR count). The monoisotopic (exact) mass is 421 g/mol. The Morgan fingerprint density at radius 3 is 2.65 bits per heavy atom. The molecule has 0 spiro atoms. The number of halogens is 1. The largest absolute Gasteiger partial charge is 0.497 e. The van der Waals surface area contributed by atoms with Crippen LogP contribution >= 0.6 is 0 Å². The van der Waals surface area contributed by atoms with Crippen molar-refractivity contribution in [3.63, 3.8) is 0 Å². The Kier molecular flexibility index (Phi) is 4.68. The number of nitrogens with zero attached hydrogens (tertiary/aromatic N) is 2. The van der Waals surface area contributed by atoms with E-state index in [1.165, 1.54) is 17.0 Å². The number of rotatable bonds is 5. The predicted octanol–water partition coefficient (Wildman–Crippen LogP) is 4.39. The molecule has 2 aliphatic rings. The third-order valence-corrected chi connectivity index (χ3v) is 6.36. The standard InChI is InChI=1S/C24H24FN3O3/c1-3-4-11-27-23(29)20-13-18-17-12-15(25)7-10-19(17)26-21(18)22(28(20)24(27)30)14-5-8-16(31-2)9-6-14/h5-10,12,20,22,26H,3-4,11,13H2,1-2H3/t20-,22+/m1/s1. The van der Waals surface area contributed by atoms with Gasteiger partial charge in [0.1, 0.15) is 23.7 Å². The fourth-order valence-corrected chi connectivity index (χ4v) is 4.80. The van der Waals surface area contributed by atoms with Crippen LogP contribution in [0, 0.1) is 5.82 Å². The van der Waals surface area contributed by atoms with Crippen LogP contribution in [0.5, 0.6) is 5.75 Å². The maximum absolute atomic E-state index is 14.0. The van der Waals surface area contributed by atoms with Crippen LogP contribution < -0.4 is 4.74 Å². The lowest BCUT2D eigenvalue weighted by Gasteiger charge is -2.36. The Morgan fingerprint density at radius 1 is 1.16 bits per heavy atom. The lowest BCUT2D eigenvalue weighted by atomic mass is 9.89. The van der Waals surface area contributed by atoms with Crippen LogP contribution in [0.1, 0.15) is 42.6 Å². The molecule has 160 valence electrons. The molecule has 3 aromatic rings. The number of hydrogen-bond donors (Lipinski definition) is 1. The third kappa shape index (κ3) is 2.99. The highest BCUT2D eigenvalue weighted by atomic mass is 19.1. The quantitative estimate of drug-likeness (QED) is 0.622. The molecule has 1 aromatic heterocycles. The summed E-state index contributed by atoms with van der Waals surface area (Å²) in [6.07, 6.45) is 2.04. The molecule has 31 heavy (non-hydrogen) atoms. The molecule has 3 amide bonds. The predicted molar refractivity (Wildman–Crippen MR) is 114 cm³/mol. The summed E-state index contributed by atoms with van der Waals surface area (Å²) >= 11 is 0. The second-order valence-corrected chi connectivity index (χ2v) is 8.14. The number of unbranched alkanes of at least 4 members (excludes halogenated alkanes) is 1. The molecule has 1 fully saturated rings. The lowest BCUT2D eigenvalue weighted by Crippen LogP contribution is -2.44. The summed E-state index contributed by atoms with van der Waals surface area (Å²) in [5, 5.41) is 0.764. The SMILES string of the molecule is CCCCN1C(=O)[C@H]2Cc3c([nH]c4ccc(F)cc34)[C@H](c3ccc(OC)cc3)N2C1=O. The number of benzene rings is 2. The number of amides is 3. The van der Waals surface area contributed by atoms with Gasteiger partial charge in [-0.1, -0.05) is 25.5 Å². The van der Waals surface area contributed by atoms with Gasteiger partial charge in [0.15, 0.2) is 0 Å². The topological polar surface area (TPSA) is 65.6 Å². The number of fused-ring (bicyclic) bond motifs is 4. The highest BCUT2D eigenvalue weighted by molar-refractivity contribution is 6.05. The van der Waals surface area contributed by atoms with Gasteiger partial charge in [0.25, 0.3) is 5.91 Å². The number of urea groups is 1. The number of nitrogens with one attached hydrogen (secondary N) is 1. The van der Waals surface area contributed by atoms with Crippen molar-refractivity contribution in [1.82, 2.24) is 14.8 Å². The number of H-pyrrole nitrogens is 1. The molecule has 1 saturated heterocycles. The minimum absolute atomic E-state index is 0.173. The van der Waals surface area contributed by atoms with Crippen LogP contribution in [-0.2, 0) is 11.2 Å². The van der Waals surface area contributed by atoms with Gasteiger partial charge in [0.05, 0.1) is 7.11 Å². The van der Waals surface area contributed by atoms with Crippen molar-refractivity contribution in [2.45, 2.75) is 38.3 Å². The molecule has 1 N–H and O–H groups in total. The maximum Gasteiger partial charge on any atom is 0.328 e. The Balaban J connectivity index is 1.67. The Hall–Kier alpha value is -3.35. The number of methoxy groups -OCH3 is 1. The highest BCUT2D eigenvalue weighted by Crippen LogP contribution is 2.44. The lowest BCUT2D eigenvalue weighted by molar-refractivity contribution is -0.128. The fourth-order valence-electron chi connectivity index (χ4n) is 4.80. The number of aromatic nitrogens is 1. The van der Waals surface area contributed by atoms with Gasteiger partial charge in [-0.25, -0.2) is 9.18 Å². The van der Waals surface area contributed by atoms with E-state index in [2.05, 4.69) is 4.98 Å². The summed E-state index contributed by atoms with van der Waals surface area (Å²) in [4.78, 5) is 33.1. The summed E-state index contributed by atoms with van der Waals surface area (Å²) in [6.45, 7) is 2.45. The zero-order valence-corrected chi connectivity index (χ0v) is 17.5. The molecule has 0 saturated carbocycles. The van der Waals surface area contributed by atoms with Gasteiger partial charge in [-0.2, -0.15) is 0 Å². The smallest absolute Gasteiger partial charge is 0.328 e. The van der Waals surface area contributed by atoms with E-state index < -0.39 is 12.1 Å². The van der Waals surface area contributed by atoms with Crippen LogP contribution in [0.4, 0.5) is 9.18 Å². The van der Waals surface area contributed by atoms with E-state index in [0.29, 0.717) is 18.7 Å². The van der Waals surface area contributed by atoms with Crippen LogP contribution in [0.25, 0.3) is 10.9 Å². The number of imide groups is 1. The van der Waals surface area contributed by atoms with Crippen molar-refractivity contribution >= 4 is 22.8 Å². The molecule has 0 radical (unpaired) electrons. The van der Waals surface area contributed by atoms with Crippen molar-refractivity contribution in [2.75, 3.05) is 13.7 Å². The Bertz CT molecular complexity index is 1170. The number of carbonyl (C=O) groups excluding carboxylic acids is 2. The maximum atomic E-state index is 14.0. The molecule has 2 aromatic carbocycles. The van der Waals surface area contributed by atoms with E-state index in [4.69, 9.17) is 4.74 Å². The minimum atomic E-state index is -0.591. The molecule has 0 bridgehead atoms. The van der Waals surface area contributed by atoms with Crippen molar-refractivity contribution < 1.29 is 18.7 Å². The van der Waals surface area contributed by atoms with E-state index >= 15 is 0 Å². The molecule has 0 aliphatic carbocycles. The zero-order chi connectivity index (χ0) is 21.7. The van der Waals surface area contributed by atoms with Gasteiger partial charge in [-0.05, 0) is 47.9 Å². The molecule has 7 heteroatoms. The molecule has 3 heterocycles. The van der Waals surface area contributed by atoms with E-state index in [0.717, 1.165) is 40.6 Å². The van der Waals surface area contributed by atoms with Gasteiger partial charge in [-0.15, -0.1) is 0 Å². The average Bonchev–Trinajstić information content (AvgIpc) is 3.26. The first kappa shape index (κ1) is 19.6. The second-order valence-electron chi connectivity index (χ2n) is 8.14. The Labute approximate surface area is 179 Å². The summed E-state index contributed by atoms with van der Waals surface area (Å²) in [5.41, 5.74) is 3.40. The van der Waals surface area contributed by atoms with Crippen LogP contribution in [0.2, 0.25) is 0 Å². The number of carbonyl (C=O) groups is 2. The van der Waals surface area contributed by atoms with Crippen LogP contribution in [0.3, 0.4) is 0 Å². The first-order chi connectivity index (χ1) is 15.0. The number of aromatic amines is 1. The molecule has 0 unspecified atom stereocenters. The third-order valence-electron chi connectivity index (χ3n) is 6.36. The van der Waals surface area contributed by atoms with E-state index in [-0.39, 0.29) is 17.8 Å². The first-order valence-electron chi connectivity index (χ1n) is 10.6.